The fourth-order valence-corrected chi connectivity index (χ4v) is 6.77. The summed E-state index contributed by atoms with van der Waals surface area (Å²) >= 11 is 0. The first kappa shape index (κ1) is 19.2. The molecule has 0 nitrogen and oxygen atoms in total. The normalized spacial score (nSPS) is 14.2. The number of fused-ring (bicyclic) bond motifs is 5. The molecule has 7 aromatic rings. The molecule has 35 heavy (non-hydrogen) atoms. The molecule has 0 aromatic heterocycles. The molecule has 7 aromatic carbocycles. The van der Waals surface area contributed by atoms with Crippen LogP contribution in [0.25, 0.3) is 65.3 Å². The quantitative estimate of drug-likeness (QED) is 0.175. The monoisotopic (exact) mass is 444 g/mol. The Kier molecular flexibility index (Phi) is 3.56. The number of benzene rings is 7. The Labute approximate surface area is 204 Å². The van der Waals surface area contributed by atoms with Crippen LogP contribution in [-0.2, 0) is 5.41 Å². The van der Waals surface area contributed by atoms with E-state index in [9.17, 15) is 0 Å². The Morgan fingerprint density at radius 2 is 1.03 bits per heavy atom. The van der Waals surface area contributed by atoms with Gasteiger partial charge < -0.3 is 0 Å². The van der Waals surface area contributed by atoms with Crippen molar-refractivity contribution in [3.63, 3.8) is 0 Å². The van der Waals surface area contributed by atoms with Crippen molar-refractivity contribution in [1.29, 1.82) is 0 Å². The smallest absolute Gasteiger partial charge is 0.0159 e. The van der Waals surface area contributed by atoms with E-state index in [2.05, 4.69) is 123 Å². The van der Waals surface area contributed by atoms with Crippen LogP contribution >= 0.6 is 0 Å². The third kappa shape index (κ3) is 2.37. The van der Waals surface area contributed by atoms with E-state index in [1.807, 2.05) is 0 Å². The van der Waals surface area contributed by atoms with Gasteiger partial charge in [-0.2, -0.15) is 0 Å². The van der Waals surface area contributed by atoms with Crippen LogP contribution in [0.4, 0.5) is 0 Å². The lowest BCUT2D eigenvalue weighted by Crippen LogP contribution is -2.14. The molecule has 0 amide bonds. The maximum atomic E-state index is 2.44. The maximum Gasteiger partial charge on any atom is 0.0159 e. The first-order valence-corrected chi connectivity index (χ1v) is 12.5. The van der Waals surface area contributed by atoms with Gasteiger partial charge in [-0.3, -0.25) is 0 Å². The Bertz CT molecular complexity index is 1920. The molecule has 0 aliphatic heterocycles. The van der Waals surface area contributed by atoms with Crippen LogP contribution in [0, 0.1) is 0 Å². The summed E-state index contributed by atoms with van der Waals surface area (Å²) in [6.07, 6.45) is 0. The van der Waals surface area contributed by atoms with E-state index >= 15 is 0 Å². The Morgan fingerprint density at radius 3 is 1.83 bits per heavy atom. The molecule has 0 saturated carbocycles. The second-order valence-electron chi connectivity index (χ2n) is 10.5. The van der Waals surface area contributed by atoms with Crippen LogP contribution in [0.15, 0.2) is 109 Å². The molecule has 0 bridgehead atoms. The minimum absolute atomic E-state index is 0.00284. The fourth-order valence-electron chi connectivity index (χ4n) is 6.77. The van der Waals surface area contributed by atoms with Crippen molar-refractivity contribution >= 4 is 43.1 Å². The topological polar surface area (TPSA) is 0 Å². The molecule has 0 heterocycles. The van der Waals surface area contributed by atoms with Gasteiger partial charge in [0.2, 0.25) is 0 Å². The van der Waals surface area contributed by atoms with Gasteiger partial charge in [0.1, 0.15) is 0 Å². The molecular weight excluding hydrogens is 420 g/mol. The molecule has 0 radical (unpaired) electrons. The van der Waals surface area contributed by atoms with E-state index in [1.165, 1.54) is 76.5 Å². The van der Waals surface area contributed by atoms with Crippen molar-refractivity contribution in [1.82, 2.24) is 0 Å². The van der Waals surface area contributed by atoms with Crippen LogP contribution < -0.4 is 0 Å². The van der Waals surface area contributed by atoms with E-state index in [0.717, 1.165) is 0 Å². The lowest BCUT2D eigenvalue weighted by atomic mass is 9.81. The SMILES string of the molecule is CC1(C)c2ccccc2-c2ccc(-c3ccc4c5cccc6cccc(c7cccc3c74)c65)cc21. The summed E-state index contributed by atoms with van der Waals surface area (Å²) < 4.78 is 0. The summed E-state index contributed by atoms with van der Waals surface area (Å²) in [5.74, 6) is 0. The molecule has 1 aliphatic carbocycles. The van der Waals surface area contributed by atoms with E-state index in [1.54, 1.807) is 0 Å². The van der Waals surface area contributed by atoms with E-state index in [0.29, 0.717) is 0 Å². The highest BCUT2D eigenvalue weighted by atomic mass is 14.4. The predicted molar refractivity (Wildman–Crippen MR) is 151 cm³/mol. The van der Waals surface area contributed by atoms with Crippen LogP contribution in [-0.4, -0.2) is 0 Å². The highest BCUT2D eigenvalue weighted by molar-refractivity contribution is 6.34. The minimum Gasteiger partial charge on any atom is -0.0619 e. The zero-order valence-corrected chi connectivity index (χ0v) is 19.9. The minimum atomic E-state index is 0.00284. The zero-order chi connectivity index (χ0) is 23.3. The van der Waals surface area contributed by atoms with E-state index < -0.39 is 0 Å². The Morgan fingerprint density at radius 1 is 0.429 bits per heavy atom. The van der Waals surface area contributed by atoms with Crippen molar-refractivity contribution in [3.8, 4) is 22.3 Å². The Balaban J connectivity index is 1.45. The summed E-state index contributed by atoms with van der Waals surface area (Å²) in [5.41, 5.74) is 8.21. The molecule has 0 saturated heterocycles. The molecule has 0 heteroatoms. The van der Waals surface area contributed by atoms with Crippen molar-refractivity contribution in [2.45, 2.75) is 19.3 Å². The van der Waals surface area contributed by atoms with Gasteiger partial charge in [-0.05, 0) is 82.5 Å². The van der Waals surface area contributed by atoms with Gasteiger partial charge in [-0.1, -0.05) is 117 Å². The Hall–Kier alpha value is -4.16. The van der Waals surface area contributed by atoms with Gasteiger partial charge in [0.05, 0.1) is 0 Å². The molecular formula is C35H24. The first-order valence-electron chi connectivity index (χ1n) is 12.5. The fraction of sp³-hybridized carbons (Fsp3) is 0.0857. The number of hydrogen-bond acceptors (Lipinski definition) is 0. The largest absolute Gasteiger partial charge is 0.0619 e. The molecule has 0 spiro atoms. The molecule has 0 N–H and O–H groups in total. The number of rotatable bonds is 1. The van der Waals surface area contributed by atoms with Crippen molar-refractivity contribution in [3.05, 3.63) is 120 Å². The molecule has 164 valence electrons. The van der Waals surface area contributed by atoms with Gasteiger partial charge in [0.25, 0.3) is 0 Å². The van der Waals surface area contributed by atoms with Gasteiger partial charge in [0, 0.05) is 5.41 Å². The predicted octanol–water partition coefficient (Wildman–Crippen LogP) is 9.71. The zero-order valence-electron chi connectivity index (χ0n) is 19.9. The second-order valence-corrected chi connectivity index (χ2v) is 10.5. The highest BCUT2D eigenvalue weighted by Crippen LogP contribution is 2.50. The molecule has 1 aliphatic rings. The van der Waals surface area contributed by atoms with Gasteiger partial charge in [-0.15, -0.1) is 0 Å². The standard InChI is InChI=1S/C35H24/c1-35(2)31-15-4-3-10-24(31)25-17-16-22(20-32(25)35)23-18-19-30-28-12-6-9-21-8-5-11-27(33(21)28)29-14-7-13-26(23)34(29)30/h3-20H,1-2H3. The summed E-state index contributed by atoms with van der Waals surface area (Å²) in [4.78, 5) is 0. The lowest BCUT2D eigenvalue weighted by molar-refractivity contribution is 0.660. The van der Waals surface area contributed by atoms with Gasteiger partial charge >= 0.3 is 0 Å². The molecule has 0 fully saturated rings. The van der Waals surface area contributed by atoms with Gasteiger partial charge in [0.15, 0.2) is 0 Å². The average Bonchev–Trinajstić information content (AvgIpc) is 3.13. The van der Waals surface area contributed by atoms with Crippen LogP contribution in [0.1, 0.15) is 25.0 Å². The van der Waals surface area contributed by atoms with E-state index in [4.69, 9.17) is 0 Å². The van der Waals surface area contributed by atoms with E-state index in [-0.39, 0.29) is 5.41 Å². The first-order chi connectivity index (χ1) is 17.1. The van der Waals surface area contributed by atoms with Gasteiger partial charge in [-0.25, -0.2) is 0 Å². The third-order valence-corrected chi connectivity index (χ3v) is 8.42. The molecule has 0 unspecified atom stereocenters. The summed E-state index contributed by atoms with van der Waals surface area (Å²) in [6.45, 7) is 4.72. The van der Waals surface area contributed by atoms with Crippen LogP contribution in [0.5, 0.6) is 0 Å². The van der Waals surface area contributed by atoms with Crippen LogP contribution in [0.2, 0.25) is 0 Å². The molecule has 0 atom stereocenters. The summed E-state index contributed by atoms with van der Waals surface area (Å²) in [6, 6.07) is 40.9. The summed E-state index contributed by atoms with van der Waals surface area (Å²) in [5, 5.41) is 10.8. The maximum absolute atomic E-state index is 2.44. The second kappa shape index (κ2) is 6.49. The lowest BCUT2D eigenvalue weighted by Gasteiger charge is -2.22. The number of hydrogen-bond donors (Lipinski definition) is 0. The van der Waals surface area contributed by atoms with Crippen molar-refractivity contribution in [2.24, 2.45) is 0 Å². The van der Waals surface area contributed by atoms with Crippen LogP contribution in [0.3, 0.4) is 0 Å². The third-order valence-electron chi connectivity index (χ3n) is 8.42. The summed E-state index contributed by atoms with van der Waals surface area (Å²) in [7, 11) is 0. The average molecular weight is 445 g/mol. The van der Waals surface area contributed by atoms with Crippen molar-refractivity contribution < 1.29 is 0 Å². The molecule has 8 rings (SSSR count). The van der Waals surface area contributed by atoms with Crippen molar-refractivity contribution in [2.75, 3.05) is 0 Å². The highest BCUT2D eigenvalue weighted by Gasteiger charge is 2.35.